The van der Waals surface area contributed by atoms with Gasteiger partial charge < -0.3 is 10.4 Å². The summed E-state index contributed by atoms with van der Waals surface area (Å²) < 4.78 is 25.8. The molecule has 2 nitrogen and oxygen atoms in total. The van der Waals surface area contributed by atoms with Gasteiger partial charge in [-0.1, -0.05) is 6.92 Å². The molecule has 0 aromatic heterocycles. The second-order valence-electron chi connectivity index (χ2n) is 5.17. The Bertz CT molecular complexity index is 417. The van der Waals surface area contributed by atoms with E-state index in [1.165, 1.54) is 17.8 Å². The fraction of sp³-hybridized carbons (Fsp3) is 0.600. The summed E-state index contributed by atoms with van der Waals surface area (Å²) in [6, 6.07) is 3.96. The van der Waals surface area contributed by atoms with Crippen LogP contribution in [0.2, 0.25) is 0 Å². The van der Waals surface area contributed by atoms with Crippen molar-refractivity contribution >= 4 is 11.8 Å². The van der Waals surface area contributed by atoms with Crippen LogP contribution in [0.25, 0.3) is 0 Å². The minimum Gasteiger partial charge on any atom is -0.394 e. The minimum absolute atomic E-state index is 0.100. The molecule has 0 radical (unpaired) electrons. The highest BCUT2D eigenvalue weighted by atomic mass is 32.2. The Labute approximate surface area is 124 Å². The molecular weight excluding hydrogens is 280 g/mol. The summed E-state index contributed by atoms with van der Waals surface area (Å²) in [5, 5.41) is 12.8. The van der Waals surface area contributed by atoms with Gasteiger partial charge in [-0.05, 0) is 56.7 Å². The number of nitrogens with one attached hydrogen (secondary N) is 1. The number of benzene rings is 1. The van der Waals surface area contributed by atoms with E-state index in [2.05, 4.69) is 12.2 Å². The predicted molar refractivity (Wildman–Crippen MR) is 80.1 cm³/mol. The second-order valence-corrected chi connectivity index (χ2v) is 6.34. The monoisotopic (exact) mass is 303 g/mol. The van der Waals surface area contributed by atoms with Gasteiger partial charge in [-0.25, -0.2) is 8.78 Å². The molecule has 2 N–H and O–H groups in total. The van der Waals surface area contributed by atoms with Crippen LogP contribution in [0.3, 0.4) is 0 Å². The number of hydrogen-bond donors (Lipinski definition) is 2. The number of aliphatic hydroxyl groups excluding tert-OH is 1. The van der Waals surface area contributed by atoms with Crippen molar-refractivity contribution in [3.63, 3.8) is 0 Å². The molecular formula is C15H23F2NOS. The Morgan fingerprint density at radius 2 is 2.05 bits per heavy atom. The Morgan fingerprint density at radius 1 is 1.30 bits per heavy atom. The van der Waals surface area contributed by atoms with Crippen LogP contribution in [0.4, 0.5) is 8.78 Å². The molecule has 0 spiro atoms. The number of aliphatic hydroxyl groups is 1. The van der Waals surface area contributed by atoms with Gasteiger partial charge in [0.15, 0.2) is 11.6 Å². The van der Waals surface area contributed by atoms with Crippen LogP contribution in [0.1, 0.15) is 33.1 Å². The molecule has 1 unspecified atom stereocenters. The van der Waals surface area contributed by atoms with E-state index in [1.54, 1.807) is 6.07 Å². The summed E-state index contributed by atoms with van der Waals surface area (Å²) in [6.45, 7) is 5.07. The lowest BCUT2D eigenvalue weighted by atomic mass is 9.97. The number of rotatable bonds is 9. The summed E-state index contributed by atoms with van der Waals surface area (Å²) in [6.07, 6.45) is 2.77. The van der Waals surface area contributed by atoms with Gasteiger partial charge in [0, 0.05) is 10.4 Å². The van der Waals surface area contributed by atoms with Gasteiger partial charge in [0.1, 0.15) is 0 Å². The average molecular weight is 303 g/mol. The highest BCUT2D eigenvalue weighted by Gasteiger charge is 2.21. The van der Waals surface area contributed by atoms with Crippen molar-refractivity contribution in [2.45, 2.75) is 43.5 Å². The number of halogens is 2. The highest BCUT2D eigenvalue weighted by Crippen LogP contribution is 2.23. The summed E-state index contributed by atoms with van der Waals surface area (Å²) in [5.41, 5.74) is -0.259. The smallest absolute Gasteiger partial charge is 0.159 e. The SMILES string of the molecule is CCCNC(C)(CO)CCCSc1ccc(F)c(F)c1. The predicted octanol–water partition coefficient (Wildman–Crippen LogP) is 3.59. The Hall–Kier alpha value is -0.650. The van der Waals surface area contributed by atoms with E-state index in [9.17, 15) is 13.9 Å². The van der Waals surface area contributed by atoms with Crippen LogP contribution < -0.4 is 5.32 Å². The molecule has 0 fully saturated rings. The first kappa shape index (κ1) is 17.4. The molecule has 20 heavy (non-hydrogen) atoms. The summed E-state index contributed by atoms with van der Waals surface area (Å²) >= 11 is 1.50. The molecule has 0 saturated carbocycles. The van der Waals surface area contributed by atoms with E-state index in [0.29, 0.717) is 0 Å². The fourth-order valence-electron chi connectivity index (χ4n) is 1.87. The van der Waals surface area contributed by atoms with Crippen molar-refractivity contribution in [2.24, 2.45) is 0 Å². The van der Waals surface area contributed by atoms with Gasteiger partial charge in [0.2, 0.25) is 0 Å². The molecule has 0 saturated heterocycles. The molecule has 1 rings (SSSR count). The van der Waals surface area contributed by atoms with Crippen LogP contribution in [0, 0.1) is 11.6 Å². The maximum atomic E-state index is 13.0. The maximum absolute atomic E-state index is 13.0. The highest BCUT2D eigenvalue weighted by molar-refractivity contribution is 7.99. The summed E-state index contributed by atoms with van der Waals surface area (Å²) in [5.74, 6) is -0.806. The van der Waals surface area contributed by atoms with E-state index in [-0.39, 0.29) is 12.1 Å². The fourth-order valence-corrected chi connectivity index (χ4v) is 2.74. The van der Waals surface area contributed by atoms with Crippen LogP contribution in [0.15, 0.2) is 23.1 Å². The molecule has 1 aromatic rings. The van der Waals surface area contributed by atoms with Gasteiger partial charge in [0.05, 0.1) is 6.61 Å². The first-order valence-corrected chi connectivity index (χ1v) is 7.93. The minimum atomic E-state index is -0.814. The Kier molecular flexibility index (Phi) is 7.48. The molecule has 0 aliphatic heterocycles. The normalized spacial score (nSPS) is 14.2. The molecule has 5 heteroatoms. The largest absolute Gasteiger partial charge is 0.394 e. The van der Waals surface area contributed by atoms with E-state index >= 15 is 0 Å². The second kappa shape index (κ2) is 8.60. The van der Waals surface area contributed by atoms with Gasteiger partial charge in [-0.15, -0.1) is 11.8 Å². The van der Waals surface area contributed by atoms with Gasteiger partial charge >= 0.3 is 0 Å². The molecule has 0 heterocycles. The zero-order valence-corrected chi connectivity index (χ0v) is 12.9. The van der Waals surface area contributed by atoms with Gasteiger partial charge in [-0.3, -0.25) is 0 Å². The van der Waals surface area contributed by atoms with Gasteiger partial charge in [-0.2, -0.15) is 0 Å². The van der Waals surface area contributed by atoms with Crippen molar-refractivity contribution in [2.75, 3.05) is 18.9 Å². The van der Waals surface area contributed by atoms with E-state index in [0.717, 1.165) is 42.5 Å². The summed E-state index contributed by atoms with van der Waals surface area (Å²) in [4.78, 5) is 0.733. The van der Waals surface area contributed by atoms with Crippen molar-refractivity contribution in [1.82, 2.24) is 5.32 Å². The first-order valence-electron chi connectivity index (χ1n) is 6.94. The van der Waals surface area contributed by atoms with Crippen LogP contribution in [-0.2, 0) is 0 Å². The van der Waals surface area contributed by atoms with Crippen molar-refractivity contribution < 1.29 is 13.9 Å². The average Bonchev–Trinajstić information content (AvgIpc) is 2.45. The van der Waals surface area contributed by atoms with Crippen LogP contribution in [-0.4, -0.2) is 29.5 Å². The van der Waals surface area contributed by atoms with E-state index in [1.807, 2.05) is 6.92 Å². The quantitative estimate of drug-likeness (QED) is 0.540. The summed E-state index contributed by atoms with van der Waals surface area (Å²) in [7, 11) is 0. The Balaban J connectivity index is 2.34. The first-order chi connectivity index (χ1) is 9.50. The van der Waals surface area contributed by atoms with Crippen LogP contribution >= 0.6 is 11.8 Å². The van der Waals surface area contributed by atoms with Crippen molar-refractivity contribution in [3.05, 3.63) is 29.8 Å². The lowest BCUT2D eigenvalue weighted by Gasteiger charge is -2.28. The molecule has 0 amide bonds. The van der Waals surface area contributed by atoms with Gasteiger partial charge in [0.25, 0.3) is 0 Å². The van der Waals surface area contributed by atoms with E-state index < -0.39 is 11.6 Å². The maximum Gasteiger partial charge on any atom is 0.159 e. The van der Waals surface area contributed by atoms with Crippen molar-refractivity contribution in [1.29, 1.82) is 0 Å². The molecule has 1 aromatic carbocycles. The van der Waals surface area contributed by atoms with E-state index in [4.69, 9.17) is 0 Å². The molecule has 0 aliphatic rings. The van der Waals surface area contributed by atoms with Crippen molar-refractivity contribution in [3.8, 4) is 0 Å². The van der Waals surface area contributed by atoms with Crippen LogP contribution in [0.5, 0.6) is 0 Å². The topological polar surface area (TPSA) is 32.3 Å². The number of thioether (sulfide) groups is 1. The zero-order chi connectivity index (χ0) is 15.0. The molecule has 1 atom stereocenters. The molecule has 0 aliphatic carbocycles. The third kappa shape index (κ3) is 5.77. The lowest BCUT2D eigenvalue weighted by Crippen LogP contribution is -2.46. The molecule has 114 valence electrons. The molecule has 0 bridgehead atoms. The third-order valence-electron chi connectivity index (χ3n) is 3.18. The third-order valence-corrected chi connectivity index (χ3v) is 4.26. The zero-order valence-electron chi connectivity index (χ0n) is 12.1. The number of hydrogen-bond acceptors (Lipinski definition) is 3. The Morgan fingerprint density at radius 3 is 2.65 bits per heavy atom. The standard InChI is InChI=1S/C15H23F2NOS/c1-3-8-18-15(2,11-19)7-4-9-20-12-5-6-13(16)14(17)10-12/h5-6,10,18-19H,3-4,7-9,11H2,1-2H3. The lowest BCUT2D eigenvalue weighted by molar-refractivity contribution is 0.165.